The number of thiophene rings is 1. The lowest BCUT2D eigenvalue weighted by Gasteiger charge is -2.36. The van der Waals surface area contributed by atoms with Gasteiger partial charge in [0, 0.05) is 48.2 Å². The Hall–Kier alpha value is -2.32. The minimum Gasteiger partial charge on any atom is -0.367 e. The van der Waals surface area contributed by atoms with E-state index in [1.54, 1.807) is 23.5 Å². The molecule has 4 rings (SSSR count). The number of carbonyl (C=O) groups is 1. The third-order valence-electron chi connectivity index (χ3n) is 5.79. The fraction of sp³-hybridized carbons (Fsp3) is 0.320. The third-order valence-corrected chi connectivity index (χ3v) is 6.92. The highest BCUT2D eigenvalue weighted by Gasteiger charge is 2.25. The molecular weight excluding hydrogens is 466 g/mol. The number of nitrogens with zero attached hydrogens (tertiary/aromatic N) is 2. The van der Waals surface area contributed by atoms with Crippen molar-refractivity contribution in [1.29, 1.82) is 0 Å². The number of rotatable bonds is 8. The molecule has 0 aliphatic carbocycles. The summed E-state index contributed by atoms with van der Waals surface area (Å²) >= 11 is 7.62. The fourth-order valence-electron chi connectivity index (χ4n) is 3.87. The van der Waals surface area contributed by atoms with Crippen LogP contribution in [0.5, 0.6) is 0 Å². The predicted molar refractivity (Wildman–Crippen MR) is 126 cm³/mol. The second-order valence-corrected chi connectivity index (χ2v) is 9.46. The van der Waals surface area contributed by atoms with Crippen molar-refractivity contribution in [1.82, 2.24) is 9.80 Å². The van der Waals surface area contributed by atoms with Crippen molar-refractivity contribution >= 4 is 28.8 Å². The molecule has 0 bridgehead atoms. The summed E-state index contributed by atoms with van der Waals surface area (Å²) in [6.45, 7) is 3.06. The Labute approximate surface area is 201 Å². The first-order valence-electron chi connectivity index (χ1n) is 10.8. The first-order valence-corrected chi connectivity index (χ1v) is 12.1. The average molecular weight is 491 g/mol. The van der Waals surface area contributed by atoms with Crippen LogP contribution >= 0.6 is 22.9 Å². The van der Waals surface area contributed by atoms with Gasteiger partial charge in [-0.25, -0.2) is 8.78 Å². The van der Waals surface area contributed by atoms with E-state index in [9.17, 15) is 13.6 Å². The zero-order valence-corrected chi connectivity index (χ0v) is 19.6. The molecule has 1 atom stereocenters. The largest absolute Gasteiger partial charge is 0.367 e. The van der Waals surface area contributed by atoms with Gasteiger partial charge >= 0.3 is 0 Å². The Bertz CT molecular complexity index is 1030. The van der Waals surface area contributed by atoms with Crippen molar-refractivity contribution in [2.24, 2.45) is 0 Å². The zero-order valence-electron chi connectivity index (χ0n) is 18.1. The van der Waals surface area contributed by atoms with Crippen molar-refractivity contribution in [2.75, 3.05) is 32.7 Å². The van der Waals surface area contributed by atoms with Gasteiger partial charge in [0.05, 0.1) is 19.1 Å². The molecule has 1 aromatic heterocycles. The first kappa shape index (κ1) is 23.8. The highest BCUT2D eigenvalue weighted by molar-refractivity contribution is 7.10. The molecule has 33 heavy (non-hydrogen) atoms. The van der Waals surface area contributed by atoms with Gasteiger partial charge in [0.15, 0.2) is 0 Å². The maximum absolute atomic E-state index is 14.1. The predicted octanol–water partition coefficient (Wildman–Crippen LogP) is 5.32. The minimum absolute atomic E-state index is 0.0829. The van der Waals surface area contributed by atoms with Gasteiger partial charge in [-0.05, 0) is 41.3 Å². The summed E-state index contributed by atoms with van der Waals surface area (Å²) in [6.07, 6.45) is 0.0391. The topological polar surface area (TPSA) is 32.8 Å². The monoisotopic (exact) mass is 490 g/mol. The lowest BCUT2D eigenvalue weighted by molar-refractivity contribution is -0.132. The summed E-state index contributed by atoms with van der Waals surface area (Å²) in [5, 5.41) is 2.58. The van der Waals surface area contributed by atoms with E-state index in [1.165, 1.54) is 18.2 Å². The Morgan fingerprint density at radius 2 is 1.70 bits per heavy atom. The normalized spacial score (nSPS) is 15.5. The lowest BCUT2D eigenvalue weighted by atomic mass is 10.1. The fourth-order valence-corrected chi connectivity index (χ4v) is 4.70. The molecule has 0 N–H and O–H groups in total. The first-order chi connectivity index (χ1) is 16.0. The average Bonchev–Trinajstić information content (AvgIpc) is 3.32. The quantitative estimate of drug-likeness (QED) is 0.428. The zero-order chi connectivity index (χ0) is 23.2. The van der Waals surface area contributed by atoms with Crippen molar-refractivity contribution in [2.45, 2.75) is 19.1 Å². The molecule has 8 heteroatoms. The number of carbonyl (C=O) groups excluding carboxylic acids is 1. The van der Waals surface area contributed by atoms with Gasteiger partial charge < -0.3 is 9.64 Å². The van der Waals surface area contributed by atoms with Gasteiger partial charge in [0.2, 0.25) is 5.91 Å². The molecule has 1 unspecified atom stereocenters. The number of hydrogen-bond donors (Lipinski definition) is 0. The van der Waals surface area contributed by atoms with Gasteiger partial charge in [-0.1, -0.05) is 35.9 Å². The molecule has 1 amide bonds. The van der Waals surface area contributed by atoms with Crippen LogP contribution in [0.25, 0.3) is 0 Å². The Morgan fingerprint density at radius 3 is 2.33 bits per heavy atom. The summed E-state index contributed by atoms with van der Waals surface area (Å²) in [7, 11) is 0. The molecule has 0 radical (unpaired) electrons. The van der Waals surface area contributed by atoms with Crippen molar-refractivity contribution in [3.8, 4) is 0 Å². The molecule has 4 nitrogen and oxygen atoms in total. The van der Waals surface area contributed by atoms with Crippen LogP contribution < -0.4 is 0 Å². The maximum atomic E-state index is 14.1. The number of halogens is 3. The maximum Gasteiger partial charge on any atom is 0.227 e. The molecule has 1 aliphatic rings. The summed E-state index contributed by atoms with van der Waals surface area (Å²) in [5.41, 5.74) is 0.799. The van der Waals surface area contributed by atoms with Crippen molar-refractivity contribution in [3.63, 3.8) is 0 Å². The molecule has 2 heterocycles. The molecule has 0 saturated carbocycles. The lowest BCUT2D eigenvalue weighted by Crippen LogP contribution is -2.50. The second kappa shape index (κ2) is 11.2. The van der Waals surface area contributed by atoms with Gasteiger partial charge in [-0.3, -0.25) is 9.69 Å². The molecule has 1 saturated heterocycles. The van der Waals surface area contributed by atoms with Gasteiger partial charge in [-0.15, -0.1) is 11.3 Å². The summed E-state index contributed by atoms with van der Waals surface area (Å²) in [4.78, 5) is 17.8. The van der Waals surface area contributed by atoms with Crippen LogP contribution in [0, 0.1) is 11.6 Å². The van der Waals surface area contributed by atoms with Crippen LogP contribution in [0.15, 0.2) is 60.0 Å². The van der Waals surface area contributed by atoms with E-state index in [0.29, 0.717) is 44.2 Å². The van der Waals surface area contributed by atoms with E-state index in [-0.39, 0.29) is 18.1 Å². The molecule has 174 valence electrons. The Kier molecular flexibility index (Phi) is 8.09. The molecule has 3 aromatic rings. The molecule has 0 spiro atoms. The number of amides is 1. The van der Waals surface area contributed by atoms with Crippen molar-refractivity contribution < 1.29 is 18.3 Å². The highest BCUT2D eigenvalue weighted by Crippen LogP contribution is 2.25. The third kappa shape index (κ3) is 6.38. The second-order valence-electron chi connectivity index (χ2n) is 7.99. The highest BCUT2D eigenvalue weighted by atomic mass is 35.5. The summed E-state index contributed by atoms with van der Waals surface area (Å²) in [5.74, 6) is -1.11. The van der Waals surface area contributed by atoms with Gasteiger partial charge in [-0.2, -0.15) is 0 Å². The summed E-state index contributed by atoms with van der Waals surface area (Å²) < 4.78 is 34.2. The van der Waals surface area contributed by atoms with Crippen LogP contribution in [-0.4, -0.2) is 48.4 Å². The van der Waals surface area contributed by atoms with Crippen LogP contribution in [0.2, 0.25) is 5.02 Å². The molecule has 2 aromatic carbocycles. The van der Waals surface area contributed by atoms with E-state index < -0.39 is 17.7 Å². The Balaban J connectivity index is 1.38. The van der Waals surface area contributed by atoms with Gasteiger partial charge in [0.25, 0.3) is 0 Å². The van der Waals surface area contributed by atoms with E-state index in [0.717, 1.165) is 10.4 Å². The molecule has 1 aliphatic heterocycles. The van der Waals surface area contributed by atoms with E-state index >= 15 is 0 Å². The van der Waals surface area contributed by atoms with Crippen LogP contribution in [0.4, 0.5) is 8.78 Å². The number of ether oxygens (including phenoxy) is 1. The van der Waals surface area contributed by atoms with Crippen LogP contribution in [0.1, 0.15) is 22.1 Å². The smallest absolute Gasteiger partial charge is 0.227 e. The SMILES string of the molecule is O=C(Cc1cccs1)N1CCN(CC(OCc2c(F)cccc2F)c2ccc(Cl)cc2)CC1. The van der Waals surface area contributed by atoms with Crippen LogP contribution in [0.3, 0.4) is 0 Å². The summed E-state index contributed by atoms with van der Waals surface area (Å²) in [6, 6.07) is 15.0. The Morgan fingerprint density at radius 1 is 1.00 bits per heavy atom. The number of hydrogen-bond acceptors (Lipinski definition) is 4. The molecule has 1 fully saturated rings. The van der Waals surface area contributed by atoms with Crippen LogP contribution in [-0.2, 0) is 22.6 Å². The minimum atomic E-state index is -0.622. The van der Waals surface area contributed by atoms with E-state index in [2.05, 4.69) is 4.90 Å². The number of piperazine rings is 1. The van der Waals surface area contributed by atoms with Crippen molar-refractivity contribution in [3.05, 3.63) is 92.6 Å². The molecular formula is C25H25ClF2N2O2S. The standard InChI is InChI=1S/C25H25ClF2N2O2S/c26-19-8-6-18(7-9-19)24(32-17-21-22(27)4-1-5-23(21)28)16-29-10-12-30(13-11-29)25(31)15-20-3-2-14-33-20/h1-9,14,24H,10-13,15-17H2. The van der Waals surface area contributed by atoms with E-state index in [1.807, 2.05) is 34.5 Å². The number of benzene rings is 2. The van der Waals surface area contributed by atoms with Gasteiger partial charge in [0.1, 0.15) is 11.6 Å². The van der Waals surface area contributed by atoms with E-state index in [4.69, 9.17) is 16.3 Å².